The lowest BCUT2D eigenvalue weighted by atomic mass is 10.1. The van der Waals surface area contributed by atoms with E-state index in [1.807, 2.05) is 0 Å². The Bertz CT molecular complexity index is 483. The Labute approximate surface area is 98.8 Å². The molecule has 17 heavy (non-hydrogen) atoms. The number of amides is 1. The number of carbonyl (C=O) groups is 2. The van der Waals surface area contributed by atoms with Gasteiger partial charge in [-0.05, 0) is 30.2 Å². The zero-order valence-electron chi connectivity index (χ0n) is 9.51. The third-order valence-corrected chi connectivity index (χ3v) is 2.88. The normalized spacial score (nSPS) is 15.5. The van der Waals surface area contributed by atoms with Gasteiger partial charge in [-0.15, -0.1) is 0 Å². The van der Waals surface area contributed by atoms with Crippen molar-refractivity contribution in [1.29, 1.82) is 0 Å². The van der Waals surface area contributed by atoms with E-state index in [-0.39, 0.29) is 11.5 Å². The highest BCUT2D eigenvalue weighted by atomic mass is 16.4. The van der Waals surface area contributed by atoms with Crippen molar-refractivity contribution in [3.05, 3.63) is 34.9 Å². The maximum Gasteiger partial charge on any atom is 0.335 e. The van der Waals surface area contributed by atoms with Crippen molar-refractivity contribution in [2.45, 2.75) is 26.1 Å². The molecule has 0 bridgehead atoms. The number of aromatic carboxylic acids is 1. The summed E-state index contributed by atoms with van der Waals surface area (Å²) in [5.74, 6) is -1.07. The number of carbonyl (C=O) groups excluding carboxylic acids is 1. The lowest BCUT2D eigenvalue weighted by Gasteiger charge is -2.17. The number of fused-ring (bicyclic) bond motifs is 1. The molecule has 1 aliphatic heterocycles. The fourth-order valence-electron chi connectivity index (χ4n) is 1.97. The Balaban J connectivity index is 2.22. The van der Waals surface area contributed by atoms with Gasteiger partial charge < -0.3 is 15.7 Å². The second-order valence-electron chi connectivity index (χ2n) is 4.27. The standard InChI is InChI=1S/C12H14N2O3/c1-7(13)11(15)14-5-9-3-2-8(12(16)17)4-10(9)6-14/h2-4,7H,5-6,13H2,1H3,(H,16,17)/t7-/m1/s1. The lowest BCUT2D eigenvalue weighted by molar-refractivity contribution is -0.132. The predicted octanol–water partition coefficient (Wildman–Crippen LogP) is 0.574. The van der Waals surface area contributed by atoms with E-state index in [0.717, 1.165) is 11.1 Å². The monoisotopic (exact) mass is 234 g/mol. The van der Waals surface area contributed by atoms with Crippen LogP contribution in [0.4, 0.5) is 0 Å². The van der Waals surface area contributed by atoms with Gasteiger partial charge in [0.25, 0.3) is 0 Å². The summed E-state index contributed by atoms with van der Waals surface area (Å²) in [6.07, 6.45) is 0. The quantitative estimate of drug-likeness (QED) is 0.783. The fourth-order valence-corrected chi connectivity index (χ4v) is 1.97. The Morgan fingerprint density at radius 2 is 2.00 bits per heavy atom. The van der Waals surface area contributed by atoms with E-state index in [0.29, 0.717) is 13.1 Å². The molecule has 1 aromatic rings. The maximum absolute atomic E-state index is 11.7. The molecule has 5 heteroatoms. The van der Waals surface area contributed by atoms with Crippen LogP contribution in [0.2, 0.25) is 0 Å². The van der Waals surface area contributed by atoms with Gasteiger partial charge in [0.2, 0.25) is 5.91 Å². The summed E-state index contributed by atoms with van der Waals surface area (Å²) >= 11 is 0. The molecular weight excluding hydrogens is 220 g/mol. The number of carboxylic acids is 1. The topological polar surface area (TPSA) is 83.6 Å². The summed E-state index contributed by atoms with van der Waals surface area (Å²) in [5, 5.41) is 8.88. The minimum absolute atomic E-state index is 0.113. The molecule has 0 spiro atoms. The lowest BCUT2D eigenvalue weighted by Crippen LogP contribution is -2.38. The number of nitrogens with zero attached hydrogens (tertiary/aromatic N) is 1. The smallest absolute Gasteiger partial charge is 0.335 e. The van der Waals surface area contributed by atoms with Gasteiger partial charge in [0, 0.05) is 13.1 Å². The van der Waals surface area contributed by atoms with Crippen LogP contribution in [0.15, 0.2) is 18.2 Å². The van der Waals surface area contributed by atoms with Crippen molar-refractivity contribution >= 4 is 11.9 Å². The SMILES string of the molecule is C[C@@H](N)C(=O)N1Cc2ccc(C(=O)O)cc2C1. The zero-order chi connectivity index (χ0) is 12.6. The minimum atomic E-state index is -0.954. The van der Waals surface area contributed by atoms with E-state index >= 15 is 0 Å². The highest BCUT2D eigenvalue weighted by Gasteiger charge is 2.25. The predicted molar refractivity (Wildman–Crippen MR) is 61.3 cm³/mol. The highest BCUT2D eigenvalue weighted by molar-refractivity contribution is 5.88. The van der Waals surface area contributed by atoms with Crippen molar-refractivity contribution in [2.75, 3.05) is 0 Å². The second-order valence-corrected chi connectivity index (χ2v) is 4.27. The van der Waals surface area contributed by atoms with Crippen LogP contribution in [0.25, 0.3) is 0 Å². The molecule has 0 radical (unpaired) electrons. The average Bonchev–Trinajstić information content (AvgIpc) is 2.69. The first-order valence-electron chi connectivity index (χ1n) is 5.38. The van der Waals surface area contributed by atoms with Crippen LogP contribution < -0.4 is 5.73 Å². The van der Waals surface area contributed by atoms with E-state index < -0.39 is 12.0 Å². The van der Waals surface area contributed by atoms with Crippen LogP contribution in [0.3, 0.4) is 0 Å². The first kappa shape index (κ1) is 11.6. The summed E-state index contributed by atoms with van der Waals surface area (Å²) in [5.41, 5.74) is 7.67. The van der Waals surface area contributed by atoms with Gasteiger partial charge in [-0.1, -0.05) is 6.07 Å². The maximum atomic E-state index is 11.7. The van der Waals surface area contributed by atoms with E-state index in [9.17, 15) is 9.59 Å². The van der Waals surface area contributed by atoms with E-state index in [4.69, 9.17) is 10.8 Å². The van der Waals surface area contributed by atoms with Gasteiger partial charge in [0.05, 0.1) is 11.6 Å². The molecule has 5 nitrogen and oxygen atoms in total. The number of benzene rings is 1. The van der Waals surface area contributed by atoms with Gasteiger partial charge >= 0.3 is 5.97 Å². The summed E-state index contributed by atoms with van der Waals surface area (Å²) in [6.45, 7) is 2.60. The van der Waals surface area contributed by atoms with E-state index in [2.05, 4.69) is 0 Å². The molecule has 0 aliphatic carbocycles. The van der Waals surface area contributed by atoms with Crippen LogP contribution in [0, 0.1) is 0 Å². The summed E-state index contributed by atoms with van der Waals surface area (Å²) in [4.78, 5) is 24.2. The summed E-state index contributed by atoms with van der Waals surface area (Å²) < 4.78 is 0. The average molecular weight is 234 g/mol. The molecule has 1 aromatic carbocycles. The first-order valence-corrected chi connectivity index (χ1v) is 5.38. The molecule has 0 fully saturated rings. The van der Waals surface area contributed by atoms with Gasteiger partial charge in [-0.3, -0.25) is 4.79 Å². The molecule has 0 saturated carbocycles. The van der Waals surface area contributed by atoms with Crippen LogP contribution in [-0.4, -0.2) is 27.9 Å². The highest BCUT2D eigenvalue weighted by Crippen LogP contribution is 2.24. The van der Waals surface area contributed by atoms with Crippen molar-refractivity contribution in [3.63, 3.8) is 0 Å². The van der Waals surface area contributed by atoms with Crippen molar-refractivity contribution in [2.24, 2.45) is 5.73 Å². The first-order chi connectivity index (χ1) is 7.99. The molecule has 2 rings (SSSR count). The molecule has 1 atom stereocenters. The van der Waals surface area contributed by atoms with Crippen molar-refractivity contribution < 1.29 is 14.7 Å². The number of nitrogens with two attached hydrogens (primary N) is 1. The molecule has 0 saturated heterocycles. The molecule has 1 amide bonds. The van der Waals surface area contributed by atoms with Gasteiger partial charge in [-0.25, -0.2) is 4.79 Å². The molecule has 1 aliphatic rings. The van der Waals surface area contributed by atoms with Crippen LogP contribution in [0.1, 0.15) is 28.4 Å². The largest absolute Gasteiger partial charge is 0.478 e. The van der Waals surface area contributed by atoms with E-state index in [1.54, 1.807) is 30.0 Å². The Hall–Kier alpha value is -1.88. The van der Waals surface area contributed by atoms with Crippen molar-refractivity contribution in [1.82, 2.24) is 4.90 Å². The molecule has 90 valence electrons. The molecule has 3 N–H and O–H groups in total. The van der Waals surface area contributed by atoms with Crippen LogP contribution >= 0.6 is 0 Å². The minimum Gasteiger partial charge on any atom is -0.478 e. The number of carboxylic acid groups (broad SMARTS) is 1. The van der Waals surface area contributed by atoms with Gasteiger partial charge in [-0.2, -0.15) is 0 Å². The Morgan fingerprint density at radius 3 is 2.59 bits per heavy atom. The summed E-state index contributed by atoms with van der Waals surface area (Å²) in [6, 6.07) is 4.41. The van der Waals surface area contributed by atoms with Crippen molar-refractivity contribution in [3.8, 4) is 0 Å². The Kier molecular flexibility index (Phi) is 2.85. The summed E-state index contributed by atoms with van der Waals surface area (Å²) in [7, 11) is 0. The number of hydrogen-bond acceptors (Lipinski definition) is 3. The number of rotatable bonds is 2. The molecule has 0 aromatic heterocycles. The fraction of sp³-hybridized carbons (Fsp3) is 0.333. The second kappa shape index (κ2) is 4.18. The third-order valence-electron chi connectivity index (χ3n) is 2.88. The van der Waals surface area contributed by atoms with Gasteiger partial charge in [0.15, 0.2) is 0 Å². The van der Waals surface area contributed by atoms with Crippen LogP contribution in [0.5, 0.6) is 0 Å². The Morgan fingerprint density at radius 1 is 1.35 bits per heavy atom. The third kappa shape index (κ3) is 2.14. The van der Waals surface area contributed by atoms with E-state index in [1.165, 1.54) is 0 Å². The molecular formula is C12H14N2O3. The number of hydrogen-bond donors (Lipinski definition) is 2. The molecule has 0 unspecified atom stereocenters. The molecule has 1 heterocycles. The van der Waals surface area contributed by atoms with Crippen LogP contribution in [-0.2, 0) is 17.9 Å². The zero-order valence-corrected chi connectivity index (χ0v) is 9.51. The van der Waals surface area contributed by atoms with Gasteiger partial charge in [0.1, 0.15) is 0 Å².